The van der Waals surface area contributed by atoms with Crippen molar-refractivity contribution in [3.05, 3.63) is 144 Å². The van der Waals surface area contributed by atoms with Crippen molar-refractivity contribution in [2.75, 3.05) is 4.90 Å². The van der Waals surface area contributed by atoms with Crippen molar-refractivity contribution in [3.8, 4) is 23.3 Å². The highest BCUT2D eigenvalue weighted by Gasteiger charge is 2.26. The van der Waals surface area contributed by atoms with Gasteiger partial charge in [-0.1, -0.05) is 105 Å². The molecule has 0 bridgehead atoms. The third-order valence-corrected chi connectivity index (χ3v) is 7.14. The third kappa shape index (κ3) is 6.12. The van der Waals surface area contributed by atoms with E-state index >= 15 is 0 Å². The minimum Gasteiger partial charge on any atom is -0.311 e. The molecule has 5 rings (SSSR count). The van der Waals surface area contributed by atoms with Gasteiger partial charge in [0, 0.05) is 17.1 Å². The minimum absolute atomic E-state index is 0.00925. The van der Waals surface area contributed by atoms with Gasteiger partial charge in [-0.05, 0) is 82.5 Å². The highest BCUT2D eigenvalue weighted by molar-refractivity contribution is 5.78. The van der Waals surface area contributed by atoms with Crippen molar-refractivity contribution in [1.82, 2.24) is 0 Å². The number of nitriles is 2. The molecule has 0 aliphatic heterocycles. The number of allylic oxidation sites excluding steroid dienone is 5. The molecule has 0 aromatic heterocycles. The molecule has 40 heavy (non-hydrogen) atoms. The summed E-state index contributed by atoms with van der Waals surface area (Å²) >= 11 is 0. The van der Waals surface area contributed by atoms with Crippen molar-refractivity contribution in [3.63, 3.8) is 0 Å². The first kappa shape index (κ1) is 26.5. The quantitative estimate of drug-likeness (QED) is 0.239. The Kier molecular flexibility index (Phi) is 7.77. The second kappa shape index (κ2) is 11.7. The summed E-state index contributed by atoms with van der Waals surface area (Å²) < 4.78 is 0. The summed E-state index contributed by atoms with van der Waals surface area (Å²) in [5.41, 5.74) is 8.95. The molecule has 1 aliphatic carbocycles. The van der Waals surface area contributed by atoms with E-state index in [4.69, 9.17) is 0 Å². The van der Waals surface area contributed by atoms with E-state index in [-0.39, 0.29) is 11.0 Å². The van der Waals surface area contributed by atoms with Gasteiger partial charge in [0.1, 0.15) is 17.7 Å². The van der Waals surface area contributed by atoms with Crippen molar-refractivity contribution >= 4 is 23.1 Å². The van der Waals surface area contributed by atoms with Gasteiger partial charge in [0.25, 0.3) is 0 Å². The molecule has 0 amide bonds. The maximum Gasteiger partial charge on any atom is 0.132 e. The van der Waals surface area contributed by atoms with Crippen LogP contribution in [0, 0.1) is 28.1 Å². The van der Waals surface area contributed by atoms with E-state index in [0.29, 0.717) is 0 Å². The molecule has 1 aliphatic rings. The number of nitrogens with zero attached hydrogens (tertiary/aromatic N) is 3. The van der Waals surface area contributed by atoms with Gasteiger partial charge in [-0.3, -0.25) is 0 Å². The lowest BCUT2D eigenvalue weighted by atomic mass is 9.74. The van der Waals surface area contributed by atoms with Crippen molar-refractivity contribution in [2.45, 2.75) is 26.7 Å². The van der Waals surface area contributed by atoms with Gasteiger partial charge in [-0.2, -0.15) is 10.5 Å². The Morgan fingerprint density at radius 3 is 1.68 bits per heavy atom. The Balaban J connectivity index is 1.36. The molecule has 0 saturated carbocycles. The normalized spacial score (nSPS) is 14.2. The molecule has 0 atom stereocenters. The van der Waals surface area contributed by atoms with Gasteiger partial charge in [0.05, 0.1) is 0 Å². The topological polar surface area (TPSA) is 50.8 Å². The number of rotatable bonds is 6. The summed E-state index contributed by atoms with van der Waals surface area (Å²) in [6, 6.07) is 42.1. The zero-order valence-electron chi connectivity index (χ0n) is 22.9. The molecule has 194 valence electrons. The second-order valence-corrected chi connectivity index (χ2v) is 10.9. The van der Waals surface area contributed by atoms with Crippen LogP contribution in [0.5, 0.6) is 0 Å². The zero-order chi connectivity index (χ0) is 28.0. The average Bonchev–Trinajstić information content (AvgIpc) is 2.98. The number of para-hydroxylation sites is 2. The predicted molar refractivity (Wildman–Crippen MR) is 165 cm³/mol. The fraction of sp³-hybridized carbons (Fsp3) is 0.135. The first-order valence-electron chi connectivity index (χ1n) is 13.5. The summed E-state index contributed by atoms with van der Waals surface area (Å²) in [6.45, 7) is 4.36. The van der Waals surface area contributed by atoms with Gasteiger partial charge in [-0.25, -0.2) is 0 Å². The van der Waals surface area contributed by atoms with Crippen LogP contribution in [0.3, 0.4) is 0 Å². The van der Waals surface area contributed by atoms with Gasteiger partial charge in [-0.15, -0.1) is 0 Å². The molecule has 0 fully saturated rings. The Morgan fingerprint density at radius 1 is 0.650 bits per heavy atom. The number of anilines is 3. The van der Waals surface area contributed by atoms with Crippen molar-refractivity contribution in [1.29, 1.82) is 10.5 Å². The molecular weight excluding hydrogens is 486 g/mol. The monoisotopic (exact) mass is 517 g/mol. The van der Waals surface area contributed by atoms with E-state index in [1.54, 1.807) is 0 Å². The molecule has 3 heteroatoms. The van der Waals surface area contributed by atoms with Crippen LogP contribution in [-0.2, 0) is 0 Å². The van der Waals surface area contributed by atoms with Crippen LogP contribution in [-0.4, -0.2) is 0 Å². The summed E-state index contributed by atoms with van der Waals surface area (Å²) in [6.07, 6.45) is 7.87. The van der Waals surface area contributed by atoms with Crippen LogP contribution in [0.25, 0.3) is 17.2 Å². The third-order valence-electron chi connectivity index (χ3n) is 7.14. The van der Waals surface area contributed by atoms with E-state index in [9.17, 15) is 10.5 Å². The highest BCUT2D eigenvalue weighted by Crippen LogP contribution is 2.40. The minimum atomic E-state index is 0.00925. The van der Waals surface area contributed by atoms with Crippen LogP contribution in [0.2, 0.25) is 0 Å². The molecule has 0 spiro atoms. The summed E-state index contributed by atoms with van der Waals surface area (Å²) in [5.74, 6) is 0. The highest BCUT2D eigenvalue weighted by atomic mass is 15.1. The van der Waals surface area contributed by atoms with E-state index < -0.39 is 0 Å². The molecule has 0 saturated heterocycles. The molecule has 3 nitrogen and oxygen atoms in total. The molecule has 0 heterocycles. The molecule has 0 radical (unpaired) electrons. The Bertz CT molecular complexity index is 1590. The van der Waals surface area contributed by atoms with Gasteiger partial charge in [0.2, 0.25) is 0 Å². The molecule has 4 aromatic carbocycles. The fourth-order valence-corrected chi connectivity index (χ4v) is 5.29. The summed E-state index contributed by atoms with van der Waals surface area (Å²) in [4.78, 5) is 2.26. The van der Waals surface area contributed by atoms with Crippen LogP contribution < -0.4 is 4.90 Å². The first-order valence-corrected chi connectivity index (χ1v) is 13.5. The lowest BCUT2D eigenvalue weighted by Crippen LogP contribution is -2.17. The molecule has 0 N–H and O–H groups in total. The molecule has 4 aromatic rings. The van der Waals surface area contributed by atoms with Crippen molar-refractivity contribution < 1.29 is 0 Å². The first-order chi connectivity index (χ1) is 19.5. The average molecular weight is 518 g/mol. The van der Waals surface area contributed by atoms with E-state index in [0.717, 1.165) is 57.7 Å². The van der Waals surface area contributed by atoms with Crippen LogP contribution in [0.1, 0.15) is 32.3 Å². The van der Waals surface area contributed by atoms with Gasteiger partial charge >= 0.3 is 0 Å². The van der Waals surface area contributed by atoms with E-state index in [1.165, 1.54) is 0 Å². The van der Waals surface area contributed by atoms with E-state index in [1.807, 2.05) is 30.3 Å². The maximum atomic E-state index is 9.33. The zero-order valence-corrected chi connectivity index (χ0v) is 22.9. The molecular formula is C37H31N3. The fourth-order valence-electron chi connectivity index (χ4n) is 5.29. The lowest BCUT2D eigenvalue weighted by molar-refractivity contribution is 0.354. The largest absolute Gasteiger partial charge is 0.311 e. The van der Waals surface area contributed by atoms with Crippen LogP contribution >= 0.6 is 0 Å². The number of benzene rings is 4. The summed E-state index contributed by atoms with van der Waals surface area (Å²) in [5, 5.41) is 18.7. The van der Waals surface area contributed by atoms with E-state index in [2.05, 4.69) is 128 Å². The van der Waals surface area contributed by atoms with Crippen LogP contribution in [0.4, 0.5) is 17.1 Å². The summed E-state index contributed by atoms with van der Waals surface area (Å²) in [7, 11) is 0. The smallest absolute Gasteiger partial charge is 0.132 e. The Hall–Kier alpha value is -5.12. The van der Waals surface area contributed by atoms with Gasteiger partial charge in [0.15, 0.2) is 0 Å². The van der Waals surface area contributed by atoms with Crippen LogP contribution in [0.15, 0.2) is 138 Å². The Labute approximate surface area is 237 Å². The van der Waals surface area contributed by atoms with Crippen molar-refractivity contribution in [2.24, 2.45) is 5.41 Å². The number of hydrogen-bond acceptors (Lipinski definition) is 3. The van der Waals surface area contributed by atoms with Gasteiger partial charge < -0.3 is 4.90 Å². The SMILES string of the molecule is CC1(C)CC(/C=C/c2ccc(-c3ccc(N(c4ccccc4)c4ccccc4)cc3)cc2)=CC(=C(C#N)C#N)C1. The predicted octanol–water partition coefficient (Wildman–Crippen LogP) is 9.93. The lowest BCUT2D eigenvalue weighted by Gasteiger charge is -2.30. The number of hydrogen-bond donors (Lipinski definition) is 0. The second-order valence-electron chi connectivity index (χ2n) is 10.9. The standard InChI is InChI=1S/C37H31N3/c1-37(2)24-29(23-32(25-37)33(26-38)27-39)14-13-28-15-17-30(18-16-28)31-19-21-36(22-20-31)40(34-9-5-3-6-10-34)35-11-7-4-8-12-35/h3-23H,24-25H2,1-2H3/b14-13+. The molecule has 0 unspecified atom stereocenters. The Morgan fingerprint density at radius 2 is 1.15 bits per heavy atom. The maximum absolute atomic E-state index is 9.33.